The van der Waals surface area contributed by atoms with E-state index in [9.17, 15) is 14.4 Å². The molecular weight excluding hydrogens is 432 g/mol. The van der Waals surface area contributed by atoms with Gasteiger partial charge in [0, 0.05) is 26.2 Å². The normalized spacial score (nSPS) is 16.2. The van der Waals surface area contributed by atoms with Crippen molar-refractivity contribution >= 4 is 33.6 Å². The van der Waals surface area contributed by atoms with Crippen molar-refractivity contribution < 1.29 is 19.1 Å². The van der Waals surface area contributed by atoms with E-state index >= 15 is 0 Å². The first-order chi connectivity index (χ1) is 15.2. The minimum Gasteiger partial charge on any atom is -0.462 e. The van der Waals surface area contributed by atoms with Crippen LogP contribution in [0.3, 0.4) is 0 Å². The zero-order valence-corrected chi connectivity index (χ0v) is 20.2. The van der Waals surface area contributed by atoms with E-state index in [4.69, 9.17) is 9.47 Å². The van der Waals surface area contributed by atoms with Crippen molar-refractivity contribution in [3.63, 3.8) is 0 Å². The second kappa shape index (κ2) is 10.4. The van der Waals surface area contributed by atoms with Crippen LogP contribution < -0.4 is 5.56 Å². The van der Waals surface area contributed by atoms with Gasteiger partial charge in [0.2, 0.25) is 0 Å². The molecule has 0 saturated carbocycles. The van der Waals surface area contributed by atoms with Crippen molar-refractivity contribution in [1.29, 1.82) is 0 Å². The van der Waals surface area contributed by atoms with E-state index in [1.807, 2.05) is 20.8 Å². The molecule has 1 aliphatic heterocycles. The molecule has 1 amide bonds. The Bertz CT molecular complexity index is 1030. The number of carbonyl (C=O) groups is 2. The maximum absolute atomic E-state index is 12.8. The topological polar surface area (TPSA) is 105 Å². The molecule has 0 radical (unpaired) electrons. The smallest absolute Gasteiger partial charge is 0.409 e. The van der Waals surface area contributed by atoms with E-state index < -0.39 is 5.97 Å². The summed E-state index contributed by atoms with van der Waals surface area (Å²) in [5, 5.41) is 0.434. The van der Waals surface area contributed by atoms with E-state index in [1.165, 1.54) is 11.3 Å². The Kier molecular flexibility index (Phi) is 7.89. The Balaban J connectivity index is 1.76. The predicted molar refractivity (Wildman–Crippen MR) is 123 cm³/mol. The number of aryl methyl sites for hydroxylation is 1. The number of fused-ring (bicyclic) bond motifs is 1. The molecule has 0 aliphatic carbocycles. The van der Waals surface area contributed by atoms with Gasteiger partial charge >= 0.3 is 12.1 Å². The number of H-pyrrole nitrogens is 1. The number of ether oxygens (including phenoxy) is 2. The van der Waals surface area contributed by atoms with Crippen LogP contribution in [0, 0.1) is 12.8 Å². The van der Waals surface area contributed by atoms with Crippen molar-refractivity contribution in [2.45, 2.75) is 47.1 Å². The minimum absolute atomic E-state index is 0.146. The zero-order chi connectivity index (χ0) is 23.4. The molecule has 32 heavy (non-hydrogen) atoms. The van der Waals surface area contributed by atoms with Crippen molar-refractivity contribution in [3.05, 3.63) is 26.6 Å². The molecule has 2 aromatic heterocycles. The molecule has 0 aromatic carbocycles. The number of aromatic amines is 1. The molecule has 1 aliphatic rings. The van der Waals surface area contributed by atoms with Crippen LogP contribution in [0.5, 0.6) is 0 Å². The average Bonchev–Trinajstić information content (AvgIpc) is 2.92. The standard InChI is InChI=1S/C22H32N4O5S/c1-6-30-21(28)17-14(4)16-19(27)23-18(24-20(16)32-17)15(5)25-8-7-9-26(11-10-25)22(29)31-12-13(2)3/h13,15H,6-12H2,1-5H3,(H,23,24,27). The molecular formula is C22H32N4O5S. The number of hydrogen-bond donors (Lipinski definition) is 1. The largest absolute Gasteiger partial charge is 0.462 e. The molecule has 2 aromatic rings. The van der Waals surface area contributed by atoms with Crippen LogP contribution in [-0.4, -0.2) is 71.2 Å². The lowest BCUT2D eigenvalue weighted by Crippen LogP contribution is -2.37. The van der Waals surface area contributed by atoms with Crippen LogP contribution in [-0.2, 0) is 9.47 Å². The first-order valence-corrected chi connectivity index (χ1v) is 11.9. The Hall–Kier alpha value is -2.46. The molecule has 1 atom stereocenters. The maximum Gasteiger partial charge on any atom is 0.409 e. The van der Waals surface area contributed by atoms with Crippen LogP contribution >= 0.6 is 11.3 Å². The van der Waals surface area contributed by atoms with Crippen molar-refractivity contribution in [1.82, 2.24) is 19.8 Å². The van der Waals surface area contributed by atoms with Crippen LogP contribution in [0.1, 0.15) is 61.2 Å². The molecule has 1 fully saturated rings. The summed E-state index contributed by atoms with van der Waals surface area (Å²) in [5.74, 6) is 0.416. The fourth-order valence-corrected chi connectivity index (χ4v) is 4.84. The molecule has 1 N–H and O–H groups in total. The molecule has 176 valence electrons. The SMILES string of the molecule is CCOC(=O)c1sc2nc(C(C)N3CCCN(C(=O)OCC(C)C)CC3)[nH]c(=O)c2c1C. The second-order valence-electron chi connectivity index (χ2n) is 8.43. The van der Waals surface area contributed by atoms with Gasteiger partial charge in [-0.1, -0.05) is 13.8 Å². The average molecular weight is 465 g/mol. The van der Waals surface area contributed by atoms with Gasteiger partial charge in [0.25, 0.3) is 5.56 Å². The maximum atomic E-state index is 12.8. The molecule has 3 heterocycles. The molecule has 1 unspecified atom stereocenters. The fraction of sp³-hybridized carbons (Fsp3) is 0.636. The van der Waals surface area contributed by atoms with Crippen molar-refractivity contribution in [2.75, 3.05) is 39.4 Å². The summed E-state index contributed by atoms with van der Waals surface area (Å²) in [7, 11) is 0. The summed E-state index contributed by atoms with van der Waals surface area (Å²) in [6, 6.07) is -0.146. The van der Waals surface area contributed by atoms with E-state index in [0.717, 1.165) is 13.0 Å². The van der Waals surface area contributed by atoms with Gasteiger partial charge in [-0.25, -0.2) is 14.6 Å². The van der Waals surface area contributed by atoms with Crippen LogP contribution in [0.4, 0.5) is 4.79 Å². The van der Waals surface area contributed by atoms with Gasteiger partial charge in [0.05, 0.1) is 24.6 Å². The monoisotopic (exact) mass is 464 g/mol. The van der Waals surface area contributed by atoms with Gasteiger partial charge in [0.1, 0.15) is 15.5 Å². The summed E-state index contributed by atoms with van der Waals surface area (Å²) in [5.41, 5.74) is 0.344. The Labute approximate surface area is 191 Å². The highest BCUT2D eigenvalue weighted by Gasteiger charge is 2.26. The summed E-state index contributed by atoms with van der Waals surface area (Å²) >= 11 is 1.19. The molecule has 0 bridgehead atoms. The number of hydrogen-bond acceptors (Lipinski definition) is 8. The number of thiophene rings is 1. The molecule has 9 nitrogen and oxygen atoms in total. The number of nitrogens with one attached hydrogen (secondary N) is 1. The number of aromatic nitrogens is 2. The highest BCUT2D eigenvalue weighted by Crippen LogP contribution is 2.29. The summed E-state index contributed by atoms with van der Waals surface area (Å²) in [4.78, 5) is 49.8. The number of carbonyl (C=O) groups excluding carboxylic acids is 2. The zero-order valence-electron chi connectivity index (χ0n) is 19.4. The minimum atomic E-state index is -0.432. The highest BCUT2D eigenvalue weighted by atomic mass is 32.1. The van der Waals surface area contributed by atoms with E-state index in [-0.39, 0.29) is 24.3 Å². The van der Waals surface area contributed by atoms with Crippen LogP contribution in [0.2, 0.25) is 0 Å². The number of amides is 1. The Morgan fingerprint density at radius 2 is 1.91 bits per heavy atom. The molecule has 10 heteroatoms. The first kappa shape index (κ1) is 24.2. The van der Waals surface area contributed by atoms with Crippen molar-refractivity contribution in [2.24, 2.45) is 5.92 Å². The summed E-state index contributed by atoms with van der Waals surface area (Å²) in [6.45, 7) is 12.8. The summed E-state index contributed by atoms with van der Waals surface area (Å²) < 4.78 is 10.5. The number of rotatable bonds is 6. The highest BCUT2D eigenvalue weighted by molar-refractivity contribution is 7.20. The lowest BCUT2D eigenvalue weighted by atomic mass is 10.2. The van der Waals surface area contributed by atoms with E-state index in [1.54, 1.807) is 18.7 Å². The molecule has 3 rings (SSSR count). The van der Waals surface area contributed by atoms with Gasteiger partial charge in [-0.05, 0) is 38.7 Å². The van der Waals surface area contributed by atoms with Gasteiger partial charge in [0.15, 0.2) is 0 Å². The lowest BCUT2D eigenvalue weighted by molar-refractivity contribution is 0.0531. The first-order valence-electron chi connectivity index (χ1n) is 11.1. The number of esters is 1. The fourth-order valence-electron chi connectivity index (χ4n) is 3.76. The van der Waals surface area contributed by atoms with Crippen LogP contribution in [0.15, 0.2) is 4.79 Å². The third-order valence-corrected chi connectivity index (χ3v) is 6.72. The van der Waals surface area contributed by atoms with E-state index in [0.29, 0.717) is 58.6 Å². The number of nitrogens with zero attached hydrogens (tertiary/aromatic N) is 3. The lowest BCUT2D eigenvalue weighted by Gasteiger charge is -2.27. The second-order valence-corrected chi connectivity index (χ2v) is 9.43. The predicted octanol–water partition coefficient (Wildman–Crippen LogP) is 3.33. The van der Waals surface area contributed by atoms with Gasteiger partial charge in [-0.15, -0.1) is 11.3 Å². The third-order valence-electron chi connectivity index (χ3n) is 5.55. The van der Waals surface area contributed by atoms with Gasteiger partial charge in [-0.3, -0.25) is 9.69 Å². The third kappa shape index (κ3) is 5.29. The van der Waals surface area contributed by atoms with Crippen molar-refractivity contribution in [3.8, 4) is 0 Å². The molecule has 0 spiro atoms. The van der Waals surface area contributed by atoms with Crippen LogP contribution in [0.25, 0.3) is 10.2 Å². The Morgan fingerprint density at radius 3 is 2.59 bits per heavy atom. The summed E-state index contributed by atoms with van der Waals surface area (Å²) in [6.07, 6.45) is 0.528. The Morgan fingerprint density at radius 1 is 1.16 bits per heavy atom. The van der Waals surface area contributed by atoms with Gasteiger partial charge < -0.3 is 19.4 Å². The van der Waals surface area contributed by atoms with Gasteiger partial charge in [-0.2, -0.15) is 0 Å². The molecule has 1 saturated heterocycles. The van der Waals surface area contributed by atoms with E-state index in [2.05, 4.69) is 14.9 Å². The quantitative estimate of drug-likeness (QED) is 0.654.